The average Bonchev–Trinajstić information content (AvgIpc) is 2.80. The third-order valence-electron chi connectivity index (χ3n) is 4.44. The molecule has 2 aliphatic rings. The number of hydrogen-bond acceptors (Lipinski definition) is 3. The Morgan fingerprint density at radius 3 is 3.00 bits per heavy atom. The molecule has 1 atom stereocenters. The Kier molecular flexibility index (Phi) is 3.66. The zero-order valence-corrected chi connectivity index (χ0v) is 12.4. The molecule has 0 spiro atoms. The normalized spacial score (nSPS) is 22.3. The van der Waals surface area contributed by atoms with Gasteiger partial charge in [0.15, 0.2) is 0 Å². The van der Waals surface area contributed by atoms with Crippen molar-refractivity contribution in [3.05, 3.63) is 29.3 Å². The van der Waals surface area contributed by atoms with Crippen molar-refractivity contribution in [1.29, 1.82) is 0 Å². The van der Waals surface area contributed by atoms with E-state index in [1.54, 1.807) is 0 Å². The maximum Gasteiger partial charge on any atom is 0.223 e. The first-order valence-electron chi connectivity index (χ1n) is 7.47. The van der Waals surface area contributed by atoms with Gasteiger partial charge in [-0.05, 0) is 32.0 Å². The van der Waals surface area contributed by atoms with Crippen molar-refractivity contribution in [2.45, 2.75) is 32.4 Å². The highest BCUT2D eigenvalue weighted by atomic mass is 16.2. The van der Waals surface area contributed by atoms with Gasteiger partial charge in [0, 0.05) is 44.3 Å². The second-order valence-electron chi connectivity index (χ2n) is 5.89. The van der Waals surface area contributed by atoms with Crippen LogP contribution in [0.25, 0.3) is 0 Å². The fraction of sp³-hybridized carbons (Fsp3) is 0.562. The summed E-state index contributed by atoms with van der Waals surface area (Å²) in [4.78, 5) is 16.3. The van der Waals surface area contributed by atoms with Gasteiger partial charge in [-0.25, -0.2) is 0 Å². The van der Waals surface area contributed by atoms with Crippen LogP contribution in [0.2, 0.25) is 0 Å². The van der Waals surface area contributed by atoms with Crippen LogP contribution in [0.4, 0.5) is 5.69 Å². The number of rotatable bonds is 3. The van der Waals surface area contributed by atoms with Gasteiger partial charge in [-0.3, -0.25) is 4.79 Å². The standard InChI is InChI=1S/C16H23N3O/c1-12-3-5-15(13(9-12)10-17-2)18-7-8-19-14(11-18)4-6-16(19)20/h3,5,9,14,17H,4,6-8,10-11H2,1-2H3. The number of amides is 1. The molecule has 2 aliphatic heterocycles. The summed E-state index contributed by atoms with van der Waals surface area (Å²) in [6.07, 6.45) is 1.75. The number of carbonyl (C=O) groups excluding carboxylic acids is 1. The van der Waals surface area contributed by atoms with E-state index < -0.39 is 0 Å². The molecule has 0 saturated carbocycles. The predicted molar refractivity (Wildman–Crippen MR) is 80.9 cm³/mol. The van der Waals surface area contributed by atoms with Crippen LogP contribution < -0.4 is 10.2 Å². The molecule has 1 aromatic carbocycles. The number of fused-ring (bicyclic) bond motifs is 1. The number of hydrogen-bond donors (Lipinski definition) is 1. The van der Waals surface area contributed by atoms with Crippen LogP contribution >= 0.6 is 0 Å². The van der Waals surface area contributed by atoms with Gasteiger partial charge < -0.3 is 15.1 Å². The topological polar surface area (TPSA) is 35.6 Å². The molecule has 2 saturated heterocycles. The molecule has 1 unspecified atom stereocenters. The molecule has 4 nitrogen and oxygen atoms in total. The molecule has 1 aromatic rings. The lowest BCUT2D eigenvalue weighted by Crippen LogP contribution is -2.51. The maximum atomic E-state index is 11.8. The van der Waals surface area contributed by atoms with E-state index >= 15 is 0 Å². The fourth-order valence-corrected chi connectivity index (χ4v) is 3.44. The van der Waals surface area contributed by atoms with Gasteiger partial charge in [0.05, 0.1) is 0 Å². The van der Waals surface area contributed by atoms with Crippen LogP contribution in [-0.2, 0) is 11.3 Å². The first-order chi connectivity index (χ1) is 9.69. The summed E-state index contributed by atoms with van der Waals surface area (Å²) in [5, 5.41) is 3.25. The Morgan fingerprint density at radius 1 is 1.35 bits per heavy atom. The lowest BCUT2D eigenvalue weighted by molar-refractivity contribution is -0.129. The Hall–Kier alpha value is -1.55. The molecule has 2 heterocycles. The van der Waals surface area contributed by atoms with E-state index in [9.17, 15) is 4.79 Å². The highest BCUT2D eigenvalue weighted by Crippen LogP contribution is 2.29. The quantitative estimate of drug-likeness (QED) is 0.907. The number of nitrogens with zero attached hydrogens (tertiary/aromatic N) is 2. The van der Waals surface area contributed by atoms with Gasteiger partial charge in [-0.15, -0.1) is 0 Å². The molecular weight excluding hydrogens is 250 g/mol. The number of anilines is 1. The van der Waals surface area contributed by atoms with E-state index in [4.69, 9.17) is 0 Å². The van der Waals surface area contributed by atoms with Gasteiger partial charge in [0.25, 0.3) is 0 Å². The third kappa shape index (κ3) is 2.40. The molecule has 0 bridgehead atoms. The summed E-state index contributed by atoms with van der Waals surface area (Å²) in [5.41, 5.74) is 3.97. The van der Waals surface area contributed by atoms with E-state index in [0.29, 0.717) is 11.9 Å². The molecule has 20 heavy (non-hydrogen) atoms. The van der Waals surface area contributed by atoms with E-state index in [1.807, 2.05) is 7.05 Å². The Morgan fingerprint density at radius 2 is 2.20 bits per heavy atom. The summed E-state index contributed by atoms with van der Waals surface area (Å²) in [6.45, 7) is 5.82. The molecule has 3 rings (SSSR count). The number of aryl methyl sites for hydroxylation is 1. The highest BCUT2D eigenvalue weighted by Gasteiger charge is 2.35. The maximum absolute atomic E-state index is 11.8. The van der Waals surface area contributed by atoms with Crippen LogP contribution in [0.5, 0.6) is 0 Å². The van der Waals surface area contributed by atoms with Gasteiger partial charge in [-0.2, -0.15) is 0 Å². The molecule has 108 valence electrons. The van der Waals surface area contributed by atoms with E-state index in [2.05, 4.69) is 40.2 Å². The van der Waals surface area contributed by atoms with Gasteiger partial charge in [0.1, 0.15) is 0 Å². The van der Waals surface area contributed by atoms with Crippen molar-refractivity contribution in [2.75, 3.05) is 31.6 Å². The fourth-order valence-electron chi connectivity index (χ4n) is 3.44. The largest absolute Gasteiger partial charge is 0.367 e. The Balaban J connectivity index is 1.81. The summed E-state index contributed by atoms with van der Waals surface area (Å²) in [7, 11) is 1.99. The third-order valence-corrected chi connectivity index (χ3v) is 4.44. The van der Waals surface area contributed by atoms with Crippen LogP contribution in [0.15, 0.2) is 18.2 Å². The van der Waals surface area contributed by atoms with Crippen molar-refractivity contribution >= 4 is 11.6 Å². The minimum atomic E-state index is 0.342. The molecule has 0 aromatic heterocycles. The molecule has 2 fully saturated rings. The molecule has 0 radical (unpaired) electrons. The average molecular weight is 273 g/mol. The van der Waals surface area contributed by atoms with Crippen LogP contribution in [-0.4, -0.2) is 43.5 Å². The second-order valence-corrected chi connectivity index (χ2v) is 5.89. The molecule has 1 amide bonds. The highest BCUT2D eigenvalue weighted by molar-refractivity contribution is 5.79. The van der Waals surface area contributed by atoms with Crippen molar-refractivity contribution in [3.8, 4) is 0 Å². The number of piperazine rings is 1. The monoisotopic (exact) mass is 273 g/mol. The summed E-state index contributed by atoms with van der Waals surface area (Å²) < 4.78 is 0. The molecule has 0 aliphatic carbocycles. The Labute approximate surface area is 120 Å². The Bertz CT molecular complexity index is 514. The lowest BCUT2D eigenvalue weighted by Gasteiger charge is -2.39. The summed E-state index contributed by atoms with van der Waals surface area (Å²) in [5.74, 6) is 0.342. The van der Waals surface area contributed by atoms with Crippen LogP contribution in [0.3, 0.4) is 0 Å². The zero-order valence-electron chi connectivity index (χ0n) is 12.4. The van der Waals surface area contributed by atoms with Crippen molar-refractivity contribution < 1.29 is 4.79 Å². The smallest absolute Gasteiger partial charge is 0.223 e. The molecule has 4 heteroatoms. The predicted octanol–water partition coefficient (Wildman–Crippen LogP) is 1.53. The first-order valence-corrected chi connectivity index (χ1v) is 7.47. The van der Waals surface area contributed by atoms with Crippen molar-refractivity contribution in [2.24, 2.45) is 0 Å². The van der Waals surface area contributed by atoms with E-state index in [-0.39, 0.29) is 0 Å². The van der Waals surface area contributed by atoms with Gasteiger partial charge in [-0.1, -0.05) is 17.7 Å². The molecule has 1 N–H and O–H groups in total. The van der Waals surface area contributed by atoms with E-state index in [1.165, 1.54) is 16.8 Å². The van der Waals surface area contributed by atoms with Crippen LogP contribution in [0.1, 0.15) is 24.0 Å². The molecular formula is C16H23N3O. The second kappa shape index (κ2) is 5.44. The number of carbonyl (C=O) groups is 1. The van der Waals surface area contributed by atoms with Crippen molar-refractivity contribution in [1.82, 2.24) is 10.2 Å². The lowest BCUT2D eigenvalue weighted by atomic mass is 10.1. The minimum Gasteiger partial charge on any atom is -0.367 e. The first kappa shape index (κ1) is 13.4. The van der Waals surface area contributed by atoms with Gasteiger partial charge in [0.2, 0.25) is 5.91 Å². The minimum absolute atomic E-state index is 0.342. The van der Waals surface area contributed by atoms with Gasteiger partial charge >= 0.3 is 0 Å². The van der Waals surface area contributed by atoms with E-state index in [0.717, 1.165) is 39.0 Å². The number of benzene rings is 1. The summed E-state index contributed by atoms with van der Waals surface area (Å²) >= 11 is 0. The SMILES string of the molecule is CNCc1cc(C)ccc1N1CCN2C(=O)CCC2C1. The van der Waals surface area contributed by atoms with Crippen LogP contribution in [0, 0.1) is 6.92 Å². The number of nitrogens with one attached hydrogen (secondary N) is 1. The zero-order chi connectivity index (χ0) is 14.1. The summed E-state index contributed by atoms with van der Waals surface area (Å²) in [6, 6.07) is 7.09. The van der Waals surface area contributed by atoms with Crippen molar-refractivity contribution in [3.63, 3.8) is 0 Å².